The van der Waals surface area contributed by atoms with Gasteiger partial charge in [-0.1, -0.05) is 90.3 Å². The lowest BCUT2D eigenvalue weighted by atomic mass is 9.86. The van der Waals surface area contributed by atoms with E-state index in [1.54, 1.807) is 0 Å². The number of hydrogen-bond donors (Lipinski definition) is 1. The summed E-state index contributed by atoms with van der Waals surface area (Å²) in [4.78, 5) is 0. The second kappa shape index (κ2) is 6.12. The molecule has 0 fully saturated rings. The zero-order valence-corrected chi connectivity index (χ0v) is 13.0. The Morgan fingerprint density at radius 2 is 1.22 bits per heavy atom. The second-order valence-electron chi connectivity index (χ2n) is 5.66. The van der Waals surface area contributed by atoms with E-state index in [-0.39, 0.29) is 0 Å². The Morgan fingerprint density at radius 1 is 0.739 bits per heavy atom. The molecule has 0 aliphatic rings. The van der Waals surface area contributed by atoms with Crippen LogP contribution in [0.15, 0.2) is 78.9 Å². The van der Waals surface area contributed by atoms with Gasteiger partial charge in [0.25, 0.3) is 0 Å². The summed E-state index contributed by atoms with van der Waals surface area (Å²) in [5.41, 5.74) is 3.36. The van der Waals surface area contributed by atoms with Crippen LogP contribution in [0.3, 0.4) is 0 Å². The largest absolute Gasteiger partial charge is 0.369 e. The van der Waals surface area contributed by atoms with E-state index in [0.29, 0.717) is 11.1 Å². The molecule has 0 saturated carbocycles. The van der Waals surface area contributed by atoms with Crippen LogP contribution < -0.4 is 0 Å². The molecule has 1 nitrogen and oxygen atoms in total. The van der Waals surface area contributed by atoms with Crippen molar-refractivity contribution in [2.24, 2.45) is 0 Å². The molecule has 1 unspecified atom stereocenters. The Morgan fingerprint density at radius 3 is 1.74 bits per heavy atom. The first-order chi connectivity index (χ1) is 11.1. The van der Waals surface area contributed by atoms with Crippen molar-refractivity contribution >= 4 is 0 Å². The Balaban J connectivity index is 1.99. The molecule has 1 heteroatoms. The summed E-state index contributed by atoms with van der Waals surface area (Å²) < 4.78 is 0. The van der Waals surface area contributed by atoms with E-state index in [4.69, 9.17) is 6.42 Å². The van der Waals surface area contributed by atoms with E-state index >= 15 is 0 Å². The summed E-state index contributed by atoms with van der Waals surface area (Å²) in [6.45, 7) is 2.01. The van der Waals surface area contributed by atoms with Crippen molar-refractivity contribution < 1.29 is 5.11 Å². The van der Waals surface area contributed by atoms with Crippen LogP contribution in [0.4, 0.5) is 0 Å². The SMILES string of the molecule is C#CC(O)(c1ccc(C)cc1)c1ccc(-c2ccccc2)cc1. The zero-order chi connectivity index (χ0) is 16.3. The summed E-state index contributed by atoms with van der Waals surface area (Å²) in [6.07, 6.45) is 5.66. The van der Waals surface area contributed by atoms with Crippen molar-refractivity contribution in [3.8, 4) is 23.5 Å². The molecule has 23 heavy (non-hydrogen) atoms. The number of aryl methyl sites for hydroxylation is 1. The van der Waals surface area contributed by atoms with Crippen LogP contribution >= 0.6 is 0 Å². The highest BCUT2D eigenvalue weighted by atomic mass is 16.3. The van der Waals surface area contributed by atoms with Crippen LogP contribution in [-0.2, 0) is 5.60 Å². The van der Waals surface area contributed by atoms with Gasteiger partial charge >= 0.3 is 0 Å². The van der Waals surface area contributed by atoms with Gasteiger partial charge in [0, 0.05) is 11.1 Å². The highest BCUT2D eigenvalue weighted by molar-refractivity contribution is 5.64. The predicted molar refractivity (Wildman–Crippen MR) is 94.9 cm³/mol. The fourth-order valence-electron chi connectivity index (χ4n) is 2.66. The van der Waals surface area contributed by atoms with Crippen molar-refractivity contribution in [3.63, 3.8) is 0 Å². The van der Waals surface area contributed by atoms with Crippen LogP contribution in [-0.4, -0.2) is 5.11 Å². The highest BCUT2D eigenvalue weighted by Crippen LogP contribution is 2.31. The monoisotopic (exact) mass is 298 g/mol. The molecule has 0 amide bonds. The molecule has 0 spiro atoms. The number of hydrogen-bond acceptors (Lipinski definition) is 1. The maximum atomic E-state index is 11.0. The molecule has 0 aromatic heterocycles. The normalized spacial score (nSPS) is 13.1. The molecular weight excluding hydrogens is 280 g/mol. The van der Waals surface area contributed by atoms with Crippen LogP contribution in [0.5, 0.6) is 0 Å². The second-order valence-corrected chi connectivity index (χ2v) is 5.66. The maximum absolute atomic E-state index is 11.0. The average Bonchev–Trinajstić information content (AvgIpc) is 2.62. The molecular formula is C22H18O. The van der Waals surface area contributed by atoms with E-state index in [1.165, 1.54) is 0 Å². The van der Waals surface area contributed by atoms with E-state index in [9.17, 15) is 5.11 Å². The predicted octanol–water partition coefficient (Wildman–Crippen LogP) is 4.53. The number of benzene rings is 3. The third kappa shape index (κ3) is 2.90. The minimum Gasteiger partial charge on any atom is -0.369 e. The van der Waals surface area contributed by atoms with Crippen molar-refractivity contribution in [1.29, 1.82) is 0 Å². The van der Waals surface area contributed by atoms with Crippen molar-refractivity contribution in [1.82, 2.24) is 0 Å². The van der Waals surface area contributed by atoms with E-state index in [0.717, 1.165) is 16.7 Å². The lowest BCUT2D eigenvalue weighted by Gasteiger charge is -2.23. The van der Waals surface area contributed by atoms with E-state index in [2.05, 4.69) is 18.1 Å². The van der Waals surface area contributed by atoms with Gasteiger partial charge in [-0.15, -0.1) is 6.42 Å². The lowest BCUT2D eigenvalue weighted by Crippen LogP contribution is -2.24. The van der Waals surface area contributed by atoms with Crippen molar-refractivity contribution in [2.45, 2.75) is 12.5 Å². The number of aliphatic hydroxyl groups is 1. The standard InChI is InChI=1S/C22H18O/c1-3-22(23,20-13-9-17(2)10-14-20)21-15-11-19(12-16-21)18-7-5-4-6-8-18/h1,4-16,23H,2H3. The topological polar surface area (TPSA) is 20.2 Å². The Labute approximate surface area is 137 Å². The Kier molecular flexibility index (Phi) is 4.02. The van der Waals surface area contributed by atoms with Gasteiger partial charge in [0.15, 0.2) is 5.60 Å². The summed E-state index contributed by atoms with van der Waals surface area (Å²) in [5, 5.41) is 11.0. The Hall–Kier alpha value is -2.82. The molecule has 0 saturated heterocycles. The summed E-state index contributed by atoms with van der Waals surface area (Å²) >= 11 is 0. The summed E-state index contributed by atoms with van der Waals surface area (Å²) in [6, 6.07) is 25.5. The fraction of sp³-hybridized carbons (Fsp3) is 0.0909. The van der Waals surface area contributed by atoms with Crippen LogP contribution in [0.1, 0.15) is 16.7 Å². The zero-order valence-electron chi connectivity index (χ0n) is 13.0. The van der Waals surface area contributed by atoms with Gasteiger partial charge < -0.3 is 5.11 Å². The Bertz CT molecular complexity index is 824. The van der Waals surface area contributed by atoms with Crippen molar-refractivity contribution in [2.75, 3.05) is 0 Å². The number of terminal acetylenes is 1. The fourth-order valence-corrected chi connectivity index (χ4v) is 2.66. The molecule has 0 radical (unpaired) electrons. The quantitative estimate of drug-likeness (QED) is 0.704. The van der Waals surface area contributed by atoms with Gasteiger partial charge in [0.2, 0.25) is 0 Å². The molecule has 3 aromatic carbocycles. The molecule has 1 N–H and O–H groups in total. The van der Waals surface area contributed by atoms with Gasteiger partial charge in [-0.25, -0.2) is 0 Å². The van der Waals surface area contributed by atoms with E-state index < -0.39 is 5.60 Å². The van der Waals surface area contributed by atoms with Gasteiger partial charge in [-0.05, 0) is 18.1 Å². The van der Waals surface area contributed by atoms with Crippen LogP contribution in [0.25, 0.3) is 11.1 Å². The van der Waals surface area contributed by atoms with Gasteiger partial charge in [0.1, 0.15) is 0 Å². The molecule has 112 valence electrons. The summed E-state index contributed by atoms with van der Waals surface area (Å²) in [7, 11) is 0. The lowest BCUT2D eigenvalue weighted by molar-refractivity contribution is 0.145. The van der Waals surface area contributed by atoms with Gasteiger partial charge in [-0.3, -0.25) is 0 Å². The summed E-state index contributed by atoms with van der Waals surface area (Å²) in [5.74, 6) is 2.55. The molecule has 3 rings (SSSR count). The molecule has 0 heterocycles. The van der Waals surface area contributed by atoms with E-state index in [1.807, 2.05) is 73.7 Å². The number of rotatable bonds is 3. The first kappa shape index (κ1) is 15.1. The molecule has 0 bridgehead atoms. The molecule has 1 atom stereocenters. The first-order valence-electron chi connectivity index (χ1n) is 7.57. The minimum atomic E-state index is -1.41. The minimum absolute atomic E-state index is 0.698. The maximum Gasteiger partial charge on any atom is 0.176 e. The van der Waals surface area contributed by atoms with Crippen LogP contribution in [0, 0.1) is 19.3 Å². The third-order valence-corrected chi connectivity index (χ3v) is 4.09. The molecule has 0 aliphatic carbocycles. The first-order valence-corrected chi connectivity index (χ1v) is 7.57. The molecule has 0 aliphatic heterocycles. The highest BCUT2D eigenvalue weighted by Gasteiger charge is 2.28. The van der Waals surface area contributed by atoms with Gasteiger partial charge in [0.05, 0.1) is 0 Å². The average molecular weight is 298 g/mol. The molecule has 3 aromatic rings. The van der Waals surface area contributed by atoms with Crippen LogP contribution in [0.2, 0.25) is 0 Å². The van der Waals surface area contributed by atoms with Gasteiger partial charge in [-0.2, -0.15) is 0 Å². The third-order valence-electron chi connectivity index (χ3n) is 4.09. The van der Waals surface area contributed by atoms with Crippen molar-refractivity contribution in [3.05, 3.63) is 95.6 Å². The smallest absolute Gasteiger partial charge is 0.176 e.